The molecule has 0 spiro atoms. The second-order valence-corrected chi connectivity index (χ2v) is 3.45. The van der Waals surface area contributed by atoms with Crippen molar-refractivity contribution in [2.45, 2.75) is 13.8 Å². The molecule has 1 aromatic carbocycles. The molecule has 4 heteroatoms. The van der Waals surface area contributed by atoms with E-state index >= 15 is 0 Å². The molecule has 78 valence electrons. The van der Waals surface area contributed by atoms with Crippen molar-refractivity contribution in [3.63, 3.8) is 0 Å². The lowest BCUT2D eigenvalue weighted by atomic mass is 10.0. The standard InChI is InChI=1S/C11H13N3O/c1-3-12-11(15)10-7(2)4-5-9-8(10)6-13-14-9/h4-6H,3H2,1-2H3,(H,12,15)(H,13,14). The van der Waals surface area contributed by atoms with Crippen molar-refractivity contribution in [1.82, 2.24) is 15.5 Å². The third-order valence-corrected chi connectivity index (χ3v) is 2.40. The average Bonchev–Trinajstić information content (AvgIpc) is 2.65. The smallest absolute Gasteiger partial charge is 0.252 e. The van der Waals surface area contributed by atoms with E-state index in [1.807, 2.05) is 26.0 Å². The van der Waals surface area contributed by atoms with Crippen LogP contribution in [0.3, 0.4) is 0 Å². The number of aryl methyl sites for hydroxylation is 1. The maximum Gasteiger partial charge on any atom is 0.252 e. The van der Waals surface area contributed by atoms with Crippen molar-refractivity contribution in [3.8, 4) is 0 Å². The number of hydrogen-bond donors (Lipinski definition) is 2. The summed E-state index contributed by atoms with van der Waals surface area (Å²) >= 11 is 0. The molecule has 0 atom stereocenters. The van der Waals surface area contributed by atoms with Gasteiger partial charge in [-0.2, -0.15) is 5.10 Å². The number of fused-ring (bicyclic) bond motifs is 1. The summed E-state index contributed by atoms with van der Waals surface area (Å²) in [6.45, 7) is 4.46. The quantitative estimate of drug-likeness (QED) is 0.779. The maximum atomic E-state index is 11.8. The Morgan fingerprint density at radius 1 is 1.53 bits per heavy atom. The summed E-state index contributed by atoms with van der Waals surface area (Å²) in [6.07, 6.45) is 1.69. The number of aromatic nitrogens is 2. The number of carbonyl (C=O) groups excluding carboxylic acids is 1. The Hall–Kier alpha value is -1.84. The molecule has 0 aliphatic heterocycles. The van der Waals surface area contributed by atoms with Crippen LogP contribution in [-0.4, -0.2) is 22.6 Å². The van der Waals surface area contributed by atoms with Crippen LogP contribution in [0.4, 0.5) is 0 Å². The van der Waals surface area contributed by atoms with Crippen molar-refractivity contribution >= 4 is 16.8 Å². The molecule has 0 bridgehead atoms. The van der Waals surface area contributed by atoms with Gasteiger partial charge in [-0.3, -0.25) is 9.89 Å². The minimum Gasteiger partial charge on any atom is -0.352 e. The predicted octanol–water partition coefficient (Wildman–Crippen LogP) is 1.62. The average molecular weight is 203 g/mol. The molecule has 0 aliphatic carbocycles. The summed E-state index contributed by atoms with van der Waals surface area (Å²) in [7, 11) is 0. The van der Waals surface area contributed by atoms with Crippen molar-refractivity contribution in [1.29, 1.82) is 0 Å². The van der Waals surface area contributed by atoms with Crippen LogP contribution in [0.25, 0.3) is 10.9 Å². The van der Waals surface area contributed by atoms with E-state index in [0.717, 1.165) is 16.5 Å². The summed E-state index contributed by atoms with van der Waals surface area (Å²) in [5.74, 6) is -0.0398. The number of carbonyl (C=O) groups is 1. The number of H-pyrrole nitrogens is 1. The molecular formula is C11H13N3O. The third kappa shape index (κ3) is 1.58. The Morgan fingerprint density at radius 2 is 2.33 bits per heavy atom. The van der Waals surface area contributed by atoms with Crippen LogP contribution in [0.1, 0.15) is 22.8 Å². The molecule has 15 heavy (non-hydrogen) atoms. The minimum absolute atomic E-state index is 0.0398. The SMILES string of the molecule is CCNC(=O)c1c(C)ccc2[nH]ncc12. The van der Waals surface area contributed by atoms with E-state index < -0.39 is 0 Å². The van der Waals surface area contributed by atoms with Crippen LogP contribution in [-0.2, 0) is 0 Å². The highest BCUT2D eigenvalue weighted by Gasteiger charge is 2.13. The first kappa shape index (κ1) is 9.71. The van der Waals surface area contributed by atoms with Crippen LogP contribution in [0.2, 0.25) is 0 Å². The van der Waals surface area contributed by atoms with Crippen LogP contribution < -0.4 is 5.32 Å². The molecule has 0 saturated heterocycles. The Kier molecular flexibility index (Phi) is 2.41. The Labute approximate surface area is 87.7 Å². The van der Waals surface area contributed by atoms with Gasteiger partial charge in [0, 0.05) is 11.9 Å². The van der Waals surface area contributed by atoms with Crippen molar-refractivity contribution in [2.75, 3.05) is 6.54 Å². The number of amides is 1. The molecule has 0 unspecified atom stereocenters. The first-order valence-electron chi connectivity index (χ1n) is 4.95. The van der Waals surface area contributed by atoms with Gasteiger partial charge in [-0.25, -0.2) is 0 Å². The first-order chi connectivity index (χ1) is 7.24. The molecule has 2 aromatic rings. The second-order valence-electron chi connectivity index (χ2n) is 3.45. The zero-order chi connectivity index (χ0) is 10.8. The number of nitrogens with zero attached hydrogens (tertiary/aromatic N) is 1. The number of rotatable bonds is 2. The van der Waals surface area contributed by atoms with E-state index in [1.165, 1.54) is 0 Å². The van der Waals surface area contributed by atoms with Gasteiger partial charge in [0.05, 0.1) is 17.3 Å². The highest BCUT2D eigenvalue weighted by molar-refractivity contribution is 6.07. The summed E-state index contributed by atoms with van der Waals surface area (Å²) in [4.78, 5) is 11.8. The van der Waals surface area contributed by atoms with Gasteiger partial charge >= 0.3 is 0 Å². The van der Waals surface area contributed by atoms with Gasteiger partial charge in [0.15, 0.2) is 0 Å². The monoisotopic (exact) mass is 203 g/mol. The Bertz CT molecular complexity index is 502. The number of hydrogen-bond acceptors (Lipinski definition) is 2. The fourth-order valence-corrected chi connectivity index (χ4v) is 1.68. The van der Waals surface area contributed by atoms with Crippen LogP contribution in [0, 0.1) is 6.92 Å². The molecule has 0 saturated carbocycles. The third-order valence-electron chi connectivity index (χ3n) is 2.40. The van der Waals surface area contributed by atoms with E-state index in [2.05, 4.69) is 15.5 Å². The molecule has 0 radical (unpaired) electrons. The molecule has 0 aliphatic rings. The van der Waals surface area contributed by atoms with E-state index in [4.69, 9.17) is 0 Å². The van der Waals surface area contributed by atoms with E-state index in [-0.39, 0.29) is 5.91 Å². The number of benzene rings is 1. The van der Waals surface area contributed by atoms with Gasteiger partial charge in [-0.15, -0.1) is 0 Å². The molecule has 1 heterocycles. The lowest BCUT2D eigenvalue weighted by molar-refractivity contribution is 0.0957. The van der Waals surface area contributed by atoms with Crippen LogP contribution >= 0.6 is 0 Å². The predicted molar refractivity (Wildman–Crippen MR) is 58.8 cm³/mol. The summed E-state index contributed by atoms with van der Waals surface area (Å²) in [5.41, 5.74) is 2.57. The Morgan fingerprint density at radius 3 is 3.07 bits per heavy atom. The van der Waals surface area contributed by atoms with Crippen LogP contribution in [0.5, 0.6) is 0 Å². The van der Waals surface area contributed by atoms with E-state index in [9.17, 15) is 4.79 Å². The normalized spacial score (nSPS) is 10.5. The van der Waals surface area contributed by atoms with Gasteiger partial charge in [0.2, 0.25) is 0 Å². The second kappa shape index (κ2) is 3.73. The summed E-state index contributed by atoms with van der Waals surface area (Å²) in [6, 6.07) is 3.85. The fourth-order valence-electron chi connectivity index (χ4n) is 1.68. The van der Waals surface area contributed by atoms with Gasteiger partial charge in [-0.1, -0.05) is 6.07 Å². The Balaban J connectivity index is 2.61. The van der Waals surface area contributed by atoms with E-state index in [1.54, 1.807) is 6.20 Å². The van der Waals surface area contributed by atoms with Gasteiger partial charge in [0.25, 0.3) is 5.91 Å². The highest BCUT2D eigenvalue weighted by atomic mass is 16.1. The molecule has 0 fully saturated rings. The fraction of sp³-hybridized carbons (Fsp3) is 0.273. The molecule has 2 N–H and O–H groups in total. The summed E-state index contributed by atoms with van der Waals surface area (Å²) < 4.78 is 0. The molecule has 2 rings (SSSR count). The van der Waals surface area contributed by atoms with Crippen molar-refractivity contribution < 1.29 is 4.79 Å². The lowest BCUT2D eigenvalue weighted by Crippen LogP contribution is -2.23. The van der Waals surface area contributed by atoms with Crippen LogP contribution in [0.15, 0.2) is 18.3 Å². The number of nitrogens with one attached hydrogen (secondary N) is 2. The largest absolute Gasteiger partial charge is 0.352 e. The molecular weight excluding hydrogens is 190 g/mol. The van der Waals surface area contributed by atoms with Crippen molar-refractivity contribution in [3.05, 3.63) is 29.5 Å². The molecule has 4 nitrogen and oxygen atoms in total. The van der Waals surface area contributed by atoms with Gasteiger partial charge in [0.1, 0.15) is 0 Å². The molecule has 1 amide bonds. The van der Waals surface area contributed by atoms with Crippen molar-refractivity contribution in [2.24, 2.45) is 0 Å². The highest BCUT2D eigenvalue weighted by Crippen LogP contribution is 2.19. The minimum atomic E-state index is -0.0398. The summed E-state index contributed by atoms with van der Waals surface area (Å²) in [5, 5.41) is 10.5. The zero-order valence-electron chi connectivity index (χ0n) is 8.79. The first-order valence-corrected chi connectivity index (χ1v) is 4.95. The van der Waals surface area contributed by atoms with E-state index in [0.29, 0.717) is 12.1 Å². The zero-order valence-corrected chi connectivity index (χ0v) is 8.79. The van der Waals surface area contributed by atoms with Gasteiger partial charge < -0.3 is 5.32 Å². The topological polar surface area (TPSA) is 57.8 Å². The maximum absolute atomic E-state index is 11.8. The van der Waals surface area contributed by atoms with Gasteiger partial charge in [-0.05, 0) is 25.5 Å². The number of aromatic amines is 1. The molecule has 1 aromatic heterocycles. The lowest BCUT2D eigenvalue weighted by Gasteiger charge is -2.06.